The molecule has 5 heteroatoms. The number of fused-ring (bicyclic) bond motifs is 1. The van der Waals surface area contributed by atoms with Crippen molar-refractivity contribution in [3.8, 4) is 5.75 Å². The summed E-state index contributed by atoms with van der Waals surface area (Å²) in [5.74, 6) is 0.923. The third-order valence-corrected chi connectivity index (χ3v) is 5.96. The number of benzene rings is 1. The Balaban J connectivity index is 1.59. The Kier molecular flexibility index (Phi) is 5.19. The number of aromatic nitrogens is 2. The summed E-state index contributed by atoms with van der Waals surface area (Å²) in [7, 11) is 2.03. The van der Waals surface area contributed by atoms with E-state index in [1.165, 1.54) is 30.5 Å². The van der Waals surface area contributed by atoms with Gasteiger partial charge in [-0.15, -0.1) is 0 Å². The molecule has 2 aliphatic rings. The van der Waals surface area contributed by atoms with Crippen molar-refractivity contribution in [1.82, 2.24) is 14.7 Å². The maximum atomic E-state index is 13.4. The second-order valence-electron chi connectivity index (χ2n) is 7.68. The molecule has 1 heterocycles. The first-order chi connectivity index (χ1) is 13.2. The van der Waals surface area contributed by atoms with Crippen molar-refractivity contribution in [3.05, 3.63) is 46.8 Å². The monoisotopic (exact) mass is 367 g/mol. The lowest BCUT2D eigenvalue weighted by atomic mass is 10.1. The molecule has 1 aromatic heterocycles. The molecule has 2 aromatic rings. The summed E-state index contributed by atoms with van der Waals surface area (Å²) in [5, 5.41) is 4.76. The molecule has 0 aliphatic heterocycles. The van der Waals surface area contributed by atoms with Gasteiger partial charge in [0.2, 0.25) is 0 Å². The molecule has 2 aliphatic carbocycles. The summed E-state index contributed by atoms with van der Waals surface area (Å²) in [4.78, 5) is 15.4. The fraction of sp³-hybridized carbons (Fsp3) is 0.545. The molecular formula is C22H29N3O2. The van der Waals surface area contributed by atoms with E-state index in [-0.39, 0.29) is 5.91 Å². The maximum Gasteiger partial charge on any atom is 0.254 e. The van der Waals surface area contributed by atoms with E-state index in [1.807, 2.05) is 42.9 Å². The van der Waals surface area contributed by atoms with E-state index in [0.29, 0.717) is 19.2 Å². The van der Waals surface area contributed by atoms with Gasteiger partial charge in [-0.3, -0.25) is 9.48 Å². The lowest BCUT2D eigenvalue weighted by Gasteiger charge is -2.29. The molecule has 0 radical (unpaired) electrons. The van der Waals surface area contributed by atoms with Crippen molar-refractivity contribution in [2.24, 2.45) is 7.05 Å². The van der Waals surface area contributed by atoms with Crippen LogP contribution in [-0.2, 0) is 26.4 Å². The maximum absolute atomic E-state index is 13.4. The van der Waals surface area contributed by atoms with E-state index in [4.69, 9.17) is 9.84 Å². The van der Waals surface area contributed by atoms with E-state index < -0.39 is 0 Å². The van der Waals surface area contributed by atoms with Gasteiger partial charge in [0.05, 0.1) is 18.8 Å². The molecule has 27 heavy (non-hydrogen) atoms. The quantitative estimate of drug-likeness (QED) is 0.778. The Morgan fingerprint density at radius 1 is 1.19 bits per heavy atom. The van der Waals surface area contributed by atoms with Gasteiger partial charge in [0, 0.05) is 24.3 Å². The van der Waals surface area contributed by atoms with Crippen LogP contribution in [0.2, 0.25) is 0 Å². The van der Waals surface area contributed by atoms with E-state index in [9.17, 15) is 4.79 Å². The van der Waals surface area contributed by atoms with Gasteiger partial charge in [-0.1, -0.05) is 12.8 Å². The summed E-state index contributed by atoms with van der Waals surface area (Å²) in [5.41, 5.74) is 4.55. The molecule has 1 saturated carbocycles. The standard InChI is InChI=1S/C22H29N3O2/c1-3-27-18-13-11-16(12-14-18)22(26)25(17-7-4-5-8-17)15-20-19-9-6-10-21(19)24(2)23-20/h11-14,17H,3-10,15H2,1-2H3. The van der Waals surface area contributed by atoms with Crippen LogP contribution in [0.3, 0.4) is 0 Å². The molecule has 0 unspecified atom stereocenters. The second-order valence-corrected chi connectivity index (χ2v) is 7.68. The largest absolute Gasteiger partial charge is 0.494 e. The lowest BCUT2D eigenvalue weighted by Crippen LogP contribution is -2.38. The van der Waals surface area contributed by atoms with Crippen molar-refractivity contribution >= 4 is 5.91 Å². The smallest absolute Gasteiger partial charge is 0.254 e. The normalized spacial score (nSPS) is 16.5. The number of amides is 1. The van der Waals surface area contributed by atoms with E-state index in [2.05, 4.69) is 4.90 Å². The highest BCUT2D eigenvalue weighted by Gasteiger charge is 2.30. The van der Waals surface area contributed by atoms with Gasteiger partial charge < -0.3 is 9.64 Å². The predicted molar refractivity (Wildman–Crippen MR) is 105 cm³/mol. The van der Waals surface area contributed by atoms with Crippen LogP contribution in [0.15, 0.2) is 24.3 Å². The van der Waals surface area contributed by atoms with Gasteiger partial charge in [-0.2, -0.15) is 5.10 Å². The highest BCUT2D eigenvalue weighted by Crippen LogP contribution is 2.30. The highest BCUT2D eigenvalue weighted by molar-refractivity contribution is 5.94. The van der Waals surface area contributed by atoms with E-state index in [1.54, 1.807) is 0 Å². The zero-order valence-electron chi connectivity index (χ0n) is 16.4. The first kappa shape index (κ1) is 18.1. The topological polar surface area (TPSA) is 47.4 Å². The number of ether oxygens (including phenoxy) is 1. The fourth-order valence-corrected chi connectivity index (χ4v) is 4.59. The van der Waals surface area contributed by atoms with Crippen molar-refractivity contribution in [3.63, 3.8) is 0 Å². The van der Waals surface area contributed by atoms with Crippen LogP contribution < -0.4 is 4.74 Å². The van der Waals surface area contributed by atoms with Crippen molar-refractivity contribution < 1.29 is 9.53 Å². The SMILES string of the molecule is CCOc1ccc(C(=O)N(Cc2nn(C)c3c2CCC3)C2CCCC2)cc1. The molecule has 5 nitrogen and oxygen atoms in total. The molecule has 0 bridgehead atoms. The van der Waals surface area contributed by atoms with Crippen LogP contribution in [0.4, 0.5) is 0 Å². The molecular weight excluding hydrogens is 338 g/mol. The predicted octanol–water partition coefficient (Wildman–Crippen LogP) is 3.89. The van der Waals surface area contributed by atoms with Gasteiger partial charge in [0.1, 0.15) is 5.75 Å². The van der Waals surface area contributed by atoms with E-state index >= 15 is 0 Å². The number of nitrogens with zero attached hydrogens (tertiary/aromatic N) is 3. The average Bonchev–Trinajstić information content (AvgIpc) is 3.41. The molecule has 1 aromatic carbocycles. The lowest BCUT2D eigenvalue weighted by molar-refractivity contribution is 0.0661. The second kappa shape index (κ2) is 7.75. The summed E-state index contributed by atoms with van der Waals surface area (Å²) >= 11 is 0. The van der Waals surface area contributed by atoms with Crippen LogP contribution in [-0.4, -0.2) is 33.2 Å². The third-order valence-electron chi connectivity index (χ3n) is 5.96. The Morgan fingerprint density at radius 2 is 1.93 bits per heavy atom. The van der Waals surface area contributed by atoms with Gasteiger partial charge >= 0.3 is 0 Å². The van der Waals surface area contributed by atoms with Gasteiger partial charge in [0.25, 0.3) is 5.91 Å². The molecule has 0 atom stereocenters. The van der Waals surface area contributed by atoms with Gasteiger partial charge in [-0.25, -0.2) is 0 Å². The molecule has 0 N–H and O–H groups in total. The van der Waals surface area contributed by atoms with E-state index in [0.717, 1.165) is 42.7 Å². The first-order valence-electron chi connectivity index (χ1n) is 10.2. The molecule has 144 valence electrons. The van der Waals surface area contributed by atoms with Crippen LogP contribution in [0.25, 0.3) is 0 Å². The van der Waals surface area contributed by atoms with Crippen molar-refractivity contribution in [2.45, 2.75) is 64.5 Å². The molecule has 0 saturated heterocycles. The average molecular weight is 367 g/mol. The van der Waals surface area contributed by atoms with Gasteiger partial charge in [0.15, 0.2) is 0 Å². The molecule has 0 spiro atoms. The Bertz CT molecular complexity index is 804. The summed E-state index contributed by atoms with van der Waals surface area (Å²) in [6.45, 7) is 3.22. The van der Waals surface area contributed by atoms with Crippen LogP contribution in [0.5, 0.6) is 5.75 Å². The van der Waals surface area contributed by atoms with Crippen molar-refractivity contribution in [1.29, 1.82) is 0 Å². The number of rotatable bonds is 6. The minimum absolute atomic E-state index is 0.113. The number of carbonyl (C=O) groups is 1. The zero-order chi connectivity index (χ0) is 18.8. The fourth-order valence-electron chi connectivity index (χ4n) is 4.59. The van der Waals surface area contributed by atoms with Crippen molar-refractivity contribution in [2.75, 3.05) is 6.61 Å². The molecule has 1 fully saturated rings. The van der Waals surface area contributed by atoms with Crippen LogP contribution >= 0.6 is 0 Å². The highest BCUT2D eigenvalue weighted by atomic mass is 16.5. The van der Waals surface area contributed by atoms with Crippen LogP contribution in [0.1, 0.15) is 66.3 Å². The third kappa shape index (κ3) is 3.60. The number of carbonyl (C=O) groups excluding carboxylic acids is 1. The minimum atomic E-state index is 0.113. The summed E-state index contributed by atoms with van der Waals surface area (Å²) < 4.78 is 7.53. The summed E-state index contributed by atoms with van der Waals surface area (Å²) in [6.07, 6.45) is 8.00. The Hall–Kier alpha value is -2.30. The Morgan fingerprint density at radius 3 is 2.63 bits per heavy atom. The van der Waals surface area contributed by atoms with Crippen LogP contribution in [0, 0.1) is 0 Å². The minimum Gasteiger partial charge on any atom is -0.494 e. The Labute approximate surface area is 161 Å². The number of hydrogen-bond acceptors (Lipinski definition) is 3. The zero-order valence-corrected chi connectivity index (χ0v) is 16.4. The summed E-state index contributed by atoms with van der Waals surface area (Å²) in [6, 6.07) is 7.88. The first-order valence-corrected chi connectivity index (χ1v) is 10.2. The van der Waals surface area contributed by atoms with Gasteiger partial charge in [-0.05, 0) is 68.9 Å². The molecule has 1 amide bonds. The number of aryl methyl sites for hydroxylation is 1. The number of hydrogen-bond donors (Lipinski definition) is 0. The molecule has 4 rings (SSSR count).